The number of carbonyl (C=O) groups is 4. The number of rotatable bonds is 5. The number of imide groups is 1. The van der Waals surface area contributed by atoms with Crippen LogP contribution in [0.25, 0.3) is 0 Å². The highest BCUT2D eigenvalue weighted by molar-refractivity contribution is 6.11. The minimum atomic E-state index is -0.817. The molecule has 2 aromatic carbocycles. The molecule has 0 bridgehead atoms. The lowest BCUT2D eigenvalue weighted by atomic mass is 9.98. The molecule has 0 atom stereocenters. The predicted molar refractivity (Wildman–Crippen MR) is 107 cm³/mol. The SMILES string of the molecule is O=C(CN1C(=O)NC2(CCCC2)C1=O)c1ccc(NC(=O)c2ccccc2)cc1. The summed E-state index contributed by atoms with van der Waals surface area (Å²) in [5.74, 6) is -0.879. The Kier molecular flexibility index (Phi) is 4.88. The molecule has 4 rings (SSSR count). The molecule has 1 spiro atoms. The maximum atomic E-state index is 12.7. The number of carbonyl (C=O) groups excluding carboxylic acids is 4. The molecule has 4 amide bonds. The first-order chi connectivity index (χ1) is 14.0. The Bertz CT molecular complexity index is 963. The summed E-state index contributed by atoms with van der Waals surface area (Å²) in [6, 6.07) is 14.7. The lowest BCUT2D eigenvalue weighted by Crippen LogP contribution is -2.44. The van der Waals surface area contributed by atoms with Gasteiger partial charge in [0.25, 0.3) is 11.8 Å². The predicted octanol–water partition coefficient (Wildman–Crippen LogP) is 2.99. The molecule has 2 fully saturated rings. The molecule has 2 aliphatic rings. The molecule has 2 N–H and O–H groups in total. The molecule has 1 saturated heterocycles. The Morgan fingerprint density at radius 2 is 1.59 bits per heavy atom. The van der Waals surface area contributed by atoms with E-state index >= 15 is 0 Å². The minimum absolute atomic E-state index is 0.245. The summed E-state index contributed by atoms with van der Waals surface area (Å²) in [6.07, 6.45) is 3.03. The van der Waals surface area contributed by atoms with Crippen LogP contribution >= 0.6 is 0 Å². The second kappa shape index (κ2) is 7.50. The molecule has 1 aliphatic heterocycles. The van der Waals surface area contributed by atoms with Crippen LogP contribution in [0.1, 0.15) is 46.4 Å². The van der Waals surface area contributed by atoms with Crippen molar-refractivity contribution in [1.29, 1.82) is 0 Å². The Morgan fingerprint density at radius 3 is 2.24 bits per heavy atom. The molecule has 2 aromatic rings. The van der Waals surface area contributed by atoms with E-state index in [1.54, 1.807) is 48.5 Å². The molecule has 0 aromatic heterocycles. The van der Waals surface area contributed by atoms with Crippen LogP contribution in [-0.4, -0.2) is 40.6 Å². The lowest BCUT2D eigenvalue weighted by Gasteiger charge is -2.19. The van der Waals surface area contributed by atoms with Crippen LogP contribution in [0.2, 0.25) is 0 Å². The fourth-order valence-corrected chi connectivity index (χ4v) is 3.90. The fourth-order valence-electron chi connectivity index (χ4n) is 3.90. The van der Waals surface area contributed by atoms with Crippen molar-refractivity contribution >= 4 is 29.3 Å². The number of benzene rings is 2. The Hall–Kier alpha value is -3.48. The van der Waals surface area contributed by atoms with Crippen LogP contribution in [0.15, 0.2) is 54.6 Å². The molecule has 1 heterocycles. The summed E-state index contributed by atoms with van der Waals surface area (Å²) in [6.45, 7) is -0.290. The van der Waals surface area contributed by atoms with Crippen LogP contribution in [0.5, 0.6) is 0 Å². The van der Waals surface area contributed by atoms with Gasteiger partial charge in [-0.3, -0.25) is 19.3 Å². The zero-order chi connectivity index (χ0) is 20.4. The number of nitrogens with zero attached hydrogens (tertiary/aromatic N) is 1. The van der Waals surface area contributed by atoms with E-state index in [1.807, 2.05) is 6.07 Å². The van der Waals surface area contributed by atoms with Gasteiger partial charge >= 0.3 is 6.03 Å². The number of urea groups is 1. The summed E-state index contributed by atoms with van der Waals surface area (Å²) < 4.78 is 0. The summed E-state index contributed by atoms with van der Waals surface area (Å²) in [5, 5.41) is 5.54. The molecule has 29 heavy (non-hydrogen) atoms. The number of nitrogens with one attached hydrogen (secondary N) is 2. The topological polar surface area (TPSA) is 95.6 Å². The number of amides is 4. The molecular formula is C22H21N3O4. The van der Waals surface area contributed by atoms with Crippen LogP contribution < -0.4 is 10.6 Å². The van der Waals surface area contributed by atoms with Crippen LogP contribution in [0.3, 0.4) is 0 Å². The van der Waals surface area contributed by atoms with Crippen LogP contribution in [-0.2, 0) is 4.79 Å². The molecular weight excluding hydrogens is 370 g/mol. The smallest absolute Gasteiger partial charge is 0.323 e. The van der Waals surface area contributed by atoms with Gasteiger partial charge in [-0.25, -0.2) is 4.79 Å². The molecule has 7 heteroatoms. The number of hydrogen-bond acceptors (Lipinski definition) is 4. The maximum absolute atomic E-state index is 12.7. The van der Waals surface area contributed by atoms with E-state index in [4.69, 9.17) is 0 Å². The minimum Gasteiger partial charge on any atom is -0.323 e. The second-order valence-electron chi connectivity index (χ2n) is 7.43. The van der Waals surface area contributed by atoms with Crippen molar-refractivity contribution < 1.29 is 19.2 Å². The van der Waals surface area contributed by atoms with Crippen LogP contribution in [0.4, 0.5) is 10.5 Å². The highest BCUT2D eigenvalue weighted by Gasteiger charge is 2.52. The first-order valence-corrected chi connectivity index (χ1v) is 9.62. The molecule has 148 valence electrons. The zero-order valence-corrected chi connectivity index (χ0v) is 15.8. The molecule has 7 nitrogen and oxygen atoms in total. The summed E-state index contributed by atoms with van der Waals surface area (Å²) >= 11 is 0. The van der Waals surface area contributed by atoms with E-state index in [2.05, 4.69) is 10.6 Å². The summed E-state index contributed by atoms with van der Waals surface area (Å²) in [7, 11) is 0. The van der Waals surface area contributed by atoms with Gasteiger partial charge in [0.1, 0.15) is 5.54 Å². The monoisotopic (exact) mass is 391 g/mol. The van der Waals surface area contributed by atoms with Crippen molar-refractivity contribution in [3.63, 3.8) is 0 Å². The molecule has 0 radical (unpaired) electrons. The highest BCUT2D eigenvalue weighted by Crippen LogP contribution is 2.35. The quantitative estimate of drug-likeness (QED) is 0.605. The molecule has 1 aliphatic carbocycles. The lowest BCUT2D eigenvalue weighted by molar-refractivity contribution is -0.130. The van der Waals surface area contributed by atoms with E-state index < -0.39 is 11.6 Å². The molecule has 0 unspecified atom stereocenters. The fraction of sp³-hybridized carbons (Fsp3) is 0.273. The van der Waals surface area contributed by atoms with Gasteiger partial charge in [0.15, 0.2) is 5.78 Å². The van der Waals surface area contributed by atoms with Gasteiger partial charge in [0.2, 0.25) is 0 Å². The van der Waals surface area contributed by atoms with E-state index in [0.29, 0.717) is 29.7 Å². The van der Waals surface area contributed by atoms with Gasteiger partial charge in [-0.2, -0.15) is 0 Å². The first kappa shape index (κ1) is 18.9. The number of hydrogen-bond donors (Lipinski definition) is 2. The Morgan fingerprint density at radius 1 is 0.931 bits per heavy atom. The molecule has 1 saturated carbocycles. The Labute approximate surface area is 168 Å². The number of Topliss-reactive ketones (excluding diaryl/α,β-unsaturated/α-hetero) is 1. The van der Waals surface area contributed by atoms with Crippen molar-refractivity contribution in [1.82, 2.24) is 10.2 Å². The third kappa shape index (κ3) is 3.63. The largest absolute Gasteiger partial charge is 0.325 e. The standard InChI is InChI=1S/C22H21N3O4/c26-18(14-25-20(28)22(24-21(25)29)12-4-5-13-22)15-8-10-17(11-9-15)23-19(27)16-6-2-1-3-7-16/h1-3,6-11H,4-5,12-14H2,(H,23,27)(H,24,29). The number of anilines is 1. The van der Waals surface area contributed by atoms with Gasteiger partial charge in [-0.15, -0.1) is 0 Å². The highest BCUT2D eigenvalue weighted by atomic mass is 16.2. The van der Waals surface area contributed by atoms with Crippen molar-refractivity contribution in [3.05, 3.63) is 65.7 Å². The van der Waals surface area contributed by atoms with E-state index in [0.717, 1.165) is 17.7 Å². The Balaban J connectivity index is 1.40. The van der Waals surface area contributed by atoms with Crippen molar-refractivity contribution in [3.8, 4) is 0 Å². The third-order valence-corrected chi connectivity index (χ3v) is 5.51. The number of ketones is 1. The summed E-state index contributed by atoms with van der Waals surface area (Å²) in [5.41, 5.74) is 0.640. The zero-order valence-electron chi connectivity index (χ0n) is 15.8. The normalized spacial score (nSPS) is 17.4. The average Bonchev–Trinajstić information content (AvgIpc) is 3.29. The van der Waals surface area contributed by atoms with Crippen LogP contribution in [0, 0.1) is 0 Å². The van der Waals surface area contributed by atoms with Crippen molar-refractivity contribution in [2.45, 2.75) is 31.2 Å². The maximum Gasteiger partial charge on any atom is 0.325 e. The van der Waals surface area contributed by atoms with Gasteiger partial charge in [0, 0.05) is 16.8 Å². The van der Waals surface area contributed by atoms with Gasteiger partial charge in [-0.1, -0.05) is 31.0 Å². The van der Waals surface area contributed by atoms with Crippen molar-refractivity contribution in [2.24, 2.45) is 0 Å². The second-order valence-corrected chi connectivity index (χ2v) is 7.43. The summed E-state index contributed by atoms with van der Waals surface area (Å²) in [4.78, 5) is 50.7. The first-order valence-electron chi connectivity index (χ1n) is 9.62. The average molecular weight is 391 g/mol. The van der Waals surface area contributed by atoms with E-state index in [-0.39, 0.29) is 24.1 Å². The van der Waals surface area contributed by atoms with Crippen molar-refractivity contribution in [2.75, 3.05) is 11.9 Å². The van der Waals surface area contributed by atoms with E-state index in [9.17, 15) is 19.2 Å². The van der Waals surface area contributed by atoms with Gasteiger partial charge in [-0.05, 0) is 49.2 Å². The van der Waals surface area contributed by atoms with E-state index in [1.165, 1.54) is 0 Å². The third-order valence-electron chi connectivity index (χ3n) is 5.51. The van der Waals surface area contributed by atoms with Gasteiger partial charge < -0.3 is 10.6 Å². The van der Waals surface area contributed by atoms with Gasteiger partial charge in [0.05, 0.1) is 6.54 Å².